The Labute approximate surface area is 110 Å². The van der Waals surface area contributed by atoms with Gasteiger partial charge in [0.2, 0.25) is 0 Å². The number of aliphatic hydroxyl groups excluding tert-OH is 1. The van der Waals surface area contributed by atoms with Crippen LogP contribution in [-0.4, -0.2) is 16.6 Å². The van der Waals surface area contributed by atoms with E-state index in [-0.39, 0.29) is 17.4 Å². The number of nitrogens with zero attached hydrogens (tertiary/aromatic N) is 1. The van der Waals surface area contributed by atoms with Gasteiger partial charge in [0, 0.05) is 0 Å². The molecule has 17 heavy (non-hydrogen) atoms. The molecule has 0 aliphatic heterocycles. The molecule has 2 aliphatic rings. The van der Waals surface area contributed by atoms with Crippen molar-refractivity contribution in [2.24, 2.45) is 11.8 Å². The van der Waals surface area contributed by atoms with Crippen molar-refractivity contribution >= 4 is 11.6 Å². The summed E-state index contributed by atoms with van der Waals surface area (Å²) in [6, 6.07) is 2.13. The molecule has 0 spiro atoms. The third-order valence-electron chi connectivity index (χ3n) is 3.80. The molecule has 0 aromatic heterocycles. The van der Waals surface area contributed by atoms with Crippen LogP contribution in [0.4, 0.5) is 0 Å². The maximum absolute atomic E-state index is 9.10. The van der Waals surface area contributed by atoms with E-state index in [1.807, 2.05) is 0 Å². The highest BCUT2D eigenvalue weighted by molar-refractivity contribution is 6.21. The number of halogens is 1. The second-order valence-electron chi connectivity index (χ2n) is 5.46. The Bertz CT molecular complexity index is 245. The topological polar surface area (TPSA) is 44.0 Å². The van der Waals surface area contributed by atoms with Crippen molar-refractivity contribution in [2.45, 2.75) is 69.8 Å². The largest absolute Gasteiger partial charge is 0.393 e. The molecule has 2 nitrogen and oxygen atoms in total. The van der Waals surface area contributed by atoms with E-state index in [0.717, 1.165) is 18.8 Å². The summed E-state index contributed by atoms with van der Waals surface area (Å²) in [5, 5.41) is 17.5. The number of hydrogen-bond donors (Lipinski definition) is 1. The fourth-order valence-corrected chi connectivity index (χ4v) is 2.93. The molecular formula is C14H24ClNO. The van der Waals surface area contributed by atoms with E-state index < -0.39 is 0 Å². The minimum atomic E-state index is -0.285. The first-order valence-corrected chi connectivity index (χ1v) is 7.29. The molecule has 98 valence electrons. The second kappa shape index (κ2) is 7.95. The smallest absolute Gasteiger partial charge is 0.0671 e. The van der Waals surface area contributed by atoms with E-state index in [1.54, 1.807) is 0 Å². The Kier molecular flexibility index (Phi) is 6.92. The van der Waals surface area contributed by atoms with Crippen molar-refractivity contribution in [1.29, 1.82) is 5.26 Å². The molecule has 0 aromatic rings. The second-order valence-corrected chi connectivity index (χ2v) is 6.02. The molecule has 0 heterocycles. The SMILES string of the molecule is CC1CCCCC1.N#CC1CCC(O)CC1Cl. The fraction of sp³-hybridized carbons (Fsp3) is 0.929. The average molecular weight is 258 g/mol. The molecule has 3 atom stereocenters. The van der Waals surface area contributed by atoms with Crippen LogP contribution in [0.2, 0.25) is 0 Å². The highest BCUT2D eigenvalue weighted by Crippen LogP contribution is 2.28. The van der Waals surface area contributed by atoms with Crippen molar-refractivity contribution in [3.05, 3.63) is 0 Å². The lowest BCUT2D eigenvalue weighted by Crippen LogP contribution is -2.27. The Morgan fingerprint density at radius 1 is 1.12 bits per heavy atom. The Hall–Kier alpha value is -0.260. The van der Waals surface area contributed by atoms with Gasteiger partial charge in [0.1, 0.15) is 0 Å². The van der Waals surface area contributed by atoms with E-state index in [1.165, 1.54) is 32.1 Å². The molecule has 0 aromatic carbocycles. The molecule has 3 heteroatoms. The van der Waals surface area contributed by atoms with E-state index in [0.29, 0.717) is 6.42 Å². The van der Waals surface area contributed by atoms with E-state index >= 15 is 0 Å². The van der Waals surface area contributed by atoms with Crippen LogP contribution in [0.5, 0.6) is 0 Å². The van der Waals surface area contributed by atoms with Gasteiger partial charge in [-0.05, 0) is 25.2 Å². The van der Waals surface area contributed by atoms with Crippen molar-refractivity contribution in [2.75, 3.05) is 0 Å². The van der Waals surface area contributed by atoms with Crippen LogP contribution in [0.15, 0.2) is 0 Å². The summed E-state index contributed by atoms with van der Waals surface area (Å²) >= 11 is 5.80. The zero-order valence-corrected chi connectivity index (χ0v) is 11.5. The van der Waals surface area contributed by atoms with Crippen molar-refractivity contribution in [1.82, 2.24) is 0 Å². The van der Waals surface area contributed by atoms with Gasteiger partial charge >= 0.3 is 0 Å². The average Bonchev–Trinajstić information content (AvgIpc) is 2.31. The predicted molar refractivity (Wildman–Crippen MR) is 70.9 cm³/mol. The van der Waals surface area contributed by atoms with Crippen LogP contribution >= 0.6 is 11.6 Å². The highest BCUT2D eigenvalue weighted by atomic mass is 35.5. The molecule has 0 saturated heterocycles. The first-order chi connectivity index (χ1) is 8.13. The highest BCUT2D eigenvalue weighted by Gasteiger charge is 2.27. The molecule has 0 amide bonds. The van der Waals surface area contributed by atoms with Crippen LogP contribution in [0.25, 0.3) is 0 Å². The van der Waals surface area contributed by atoms with E-state index in [9.17, 15) is 0 Å². The van der Waals surface area contributed by atoms with Crippen LogP contribution < -0.4 is 0 Å². The van der Waals surface area contributed by atoms with Crippen LogP contribution in [0.1, 0.15) is 58.3 Å². The number of aliphatic hydroxyl groups is 1. The first kappa shape index (κ1) is 14.8. The van der Waals surface area contributed by atoms with Crippen molar-refractivity contribution in [3.8, 4) is 6.07 Å². The van der Waals surface area contributed by atoms with E-state index in [2.05, 4.69) is 13.0 Å². The van der Waals surface area contributed by atoms with Crippen LogP contribution in [-0.2, 0) is 0 Å². The summed E-state index contributed by atoms with van der Waals surface area (Å²) in [6.07, 6.45) is 9.19. The van der Waals surface area contributed by atoms with Gasteiger partial charge in [-0.2, -0.15) is 5.26 Å². The molecular weight excluding hydrogens is 234 g/mol. The zero-order valence-electron chi connectivity index (χ0n) is 10.7. The Morgan fingerprint density at radius 3 is 2.18 bits per heavy atom. The van der Waals surface area contributed by atoms with Gasteiger partial charge in [0.15, 0.2) is 0 Å². The lowest BCUT2D eigenvalue weighted by atomic mass is 9.88. The molecule has 0 bridgehead atoms. The molecule has 0 radical (unpaired) electrons. The molecule has 2 rings (SSSR count). The van der Waals surface area contributed by atoms with Gasteiger partial charge in [0.05, 0.1) is 23.5 Å². The molecule has 2 saturated carbocycles. The van der Waals surface area contributed by atoms with Gasteiger partial charge in [-0.1, -0.05) is 39.0 Å². The Morgan fingerprint density at radius 2 is 1.76 bits per heavy atom. The Balaban J connectivity index is 0.000000181. The normalized spacial score (nSPS) is 34.4. The van der Waals surface area contributed by atoms with Gasteiger partial charge < -0.3 is 5.11 Å². The monoisotopic (exact) mass is 257 g/mol. The van der Waals surface area contributed by atoms with Crippen molar-refractivity contribution in [3.63, 3.8) is 0 Å². The quantitative estimate of drug-likeness (QED) is 0.670. The van der Waals surface area contributed by atoms with E-state index in [4.69, 9.17) is 22.0 Å². The minimum Gasteiger partial charge on any atom is -0.393 e. The number of nitriles is 1. The predicted octanol–water partition coefficient (Wildman–Crippen LogP) is 3.86. The van der Waals surface area contributed by atoms with Crippen molar-refractivity contribution < 1.29 is 5.11 Å². The van der Waals surface area contributed by atoms with Gasteiger partial charge in [-0.15, -0.1) is 11.6 Å². The maximum atomic E-state index is 9.10. The summed E-state index contributed by atoms with van der Waals surface area (Å²) < 4.78 is 0. The summed E-state index contributed by atoms with van der Waals surface area (Å²) in [5.74, 6) is 0.985. The zero-order chi connectivity index (χ0) is 12.7. The first-order valence-electron chi connectivity index (χ1n) is 6.85. The van der Waals surface area contributed by atoms with Gasteiger partial charge in [-0.3, -0.25) is 0 Å². The molecule has 2 aliphatic carbocycles. The summed E-state index contributed by atoms with van der Waals surface area (Å²) in [5.41, 5.74) is 0. The standard InChI is InChI=1S/C7H10ClNO.C7H14/c8-7-3-6(10)2-1-5(7)4-9;1-7-5-3-2-4-6-7/h5-7,10H,1-3H2;7H,2-6H2,1H3. The maximum Gasteiger partial charge on any atom is 0.0671 e. The van der Waals surface area contributed by atoms with Gasteiger partial charge in [-0.25, -0.2) is 0 Å². The third kappa shape index (κ3) is 5.75. The summed E-state index contributed by atoms with van der Waals surface area (Å²) in [6.45, 7) is 2.36. The summed E-state index contributed by atoms with van der Waals surface area (Å²) in [4.78, 5) is 0. The van der Waals surface area contributed by atoms with Gasteiger partial charge in [0.25, 0.3) is 0 Å². The summed E-state index contributed by atoms with van der Waals surface area (Å²) in [7, 11) is 0. The van der Waals surface area contributed by atoms with Crippen LogP contribution in [0, 0.1) is 23.2 Å². The lowest BCUT2D eigenvalue weighted by Gasteiger charge is -2.25. The third-order valence-corrected chi connectivity index (χ3v) is 4.29. The van der Waals surface area contributed by atoms with Crippen LogP contribution in [0.3, 0.4) is 0 Å². The fourth-order valence-electron chi connectivity index (χ4n) is 2.55. The number of rotatable bonds is 0. The number of hydrogen-bond acceptors (Lipinski definition) is 2. The minimum absolute atomic E-state index is 0.0509. The lowest BCUT2D eigenvalue weighted by molar-refractivity contribution is 0.121. The molecule has 3 unspecified atom stereocenters. The molecule has 2 fully saturated rings. The molecule has 1 N–H and O–H groups in total. The number of alkyl halides is 1.